The monoisotopic (exact) mass is 476 g/mol. The Hall–Kier alpha value is -3.26. The molecule has 2 amide bonds. The molecule has 178 valence electrons. The van der Waals surface area contributed by atoms with Crippen molar-refractivity contribution in [1.82, 2.24) is 10.6 Å². The third kappa shape index (κ3) is 7.98. The summed E-state index contributed by atoms with van der Waals surface area (Å²) in [5, 5.41) is 5.62. The average Bonchev–Trinajstić information content (AvgIpc) is 2.80. The molecule has 2 N–H and O–H groups in total. The van der Waals surface area contributed by atoms with E-state index in [4.69, 9.17) is 25.8 Å². The van der Waals surface area contributed by atoms with Crippen LogP contribution in [-0.4, -0.2) is 44.3 Å². The minimum absolute atomic E-state index is 0.0715. The molecule has 0 unspecified atom stereocenters. The van der Waals surface area contributed by atoms with E-state index in [2.05, 4.69) is 10.6 Å². The van der Waals surface area contributed by atoms with Crippen LogP contribution in [0.2, 0.25) is 5.02 Å². The van der Waals surface area contributed by atoms with Crippen LogP contribution in [0.1, 0.15) is 25.0 Å². The molecule has 0 bridgehead atoms. The summed E-state index contributed by atoms with van der Waals surface area (Å²) in [6, 6.07) is 12.4. The molecule has 0 spiro atoms. The summed E-state index contributed by atoms with van der Waals surface area (Å²) in [5.74, 6) is -0.915. The predicted octanol–water partition coefficient (Wildman–Crippen LogP) is 3.50. The number of amides is 2. The van der Waals surface area contributed by atoms with Gasteiger partial charge in [-0.2, -0.15) is 0 Å². The highest BCUT2D eigenvalue weighted by molar-refractivity contribution is 6.32. The third-order valence-corrected chi connectivity index (χ3v) is 5.19. The number of carbonyl (C=O) groups is 3. The van der Waals surface area contributed by atoms with Gasteiger partial charge >= 0.3 is 12.1 Å². The van der Waals surface area contributed by atoms with Crippen molar-refractivity contribution in [3.8, 4) is 5.75 Å². The molecule has 2 aromatic carbocycles. The summed E-state index contributed by atoms with van der Waals surface area (Å²) in [6.07, 6.45) is -0.588. The van der Waals surface area contributed by atoms with Crippen LogP contribution in [-0.2, 0) is 32.1 Å². The molecule has 9 heteroatoms. The molecule has 0 saturated carbocycles. The van der Waals surface area contributed by atoms with Gasteiger partial charge in [0.15, 0.2) is 0 Å². The minimum Gasteiger partial charge on any atom is -0.495 e. The van der Waals surface area contributed by atoms with Crippen molar-refractivity contribution in [2.24, 2.45) is 5.92 Å². The normalized spacial score (nSPS) is 12.4. The van der Waals surface area contributed by atoms with Crippen LogP contribution in [0.3, 0.4) is 0 Å². The zero-order chi connectivity index (χ0) is 24.4. The lowest BCUT2D eigenvalue weighted by Gasteiger charge is -2.24. The van der Waals surface area contributed by atoms with E-state index in [1.165, 1.54) is 14.2 Å². The number of esters is 1. The third-order valence-electron chi connectivity index (χ3n) is 4.89. The number of ether oxygens (including phenoxy) is 3. The number of halogens is 1. The van der Waals surface area contributed by atoms with Gasteiger partial charge in [0.1, 0.15) is 24.4 Å². The summed E-state index contributed by atoms with van der Waals surface area (Å²) in [6.45, 7) is 3.62. The van der Waals surface area contributed by atoms with E-state index in [1.54, 1.807) is 32.0 Å². The van der Waals surface area contributed by atoms with Gasteiger partial charge < -0.3 is 24.8 Å². The maximum Gasteiger partial charge on any atom is 0.408 e. The van der Waals surface area contributed by atoms with Crippen LogP contribution in [0.15, 0.2) is 48.5 Å². The van der Waals surface area contributed by atoms with E-state index < -0.39 is 30.1 Å². The van der Waals surface area contributed by atoms with Gasteiger partial charge in [0.05, 0.1) is 19.2 Å². The first-order chi connectivity index (χ1) is 15.7. The fraction of sp³-hybridized carbons (Fsp3) is 0.375. The summed E-state index contributed by atoms with van der Waals surface area (Å²) in [7, 11) is 2.74. The number of methoxy groups -OCH3 is 2. The molecule has 0 fully saturated rings. The van der Waals surface area contributed by atoms with Crippen LogP contribution in [0.4, 0.5) is 4.79 Å². The van der Waals surface area contributed by atoms with Crippen molar-refractivity contribution in [3.63, 3.8) is 0 Å². The first kappa shape index (κ1) is 26.0. The molecule has 0 heterocycles. The molecule has 2 atom stereocenters. The molecule has 0 aliphatic heterocycles. The maximum absolute atomic E-state index is 12.9. The number of alkyl carbamates (subject to hydrolysis) is 1. The average molecular weight is 477 g/mol. The summed E-state index contributed by atoms with van der Waals surface area (Å²) in [4.78, 5) is 37.5. The van der Waals surface area contributed by atoms with E-state index in [-0.39, 0.29) is 18.9 Å². The topological polar surface area (TPSA) is 103 Å². The highest BCUT2D eigenvalue weighted by Gasteiger charge is 2.30. The van der Waals surface area contributed by atoms with E-state index in [1.807, 2.05) is 30.3 Å². The molecule has 2 aromatic rings. The Morgan fingerprint density at radius 1 is 0.970 bits per heavy atom. The van der Waals surface area contributed by atoms with Gasteiger partial charge in [-0.15, -0.1) is 0 Å². The number of hydrogen-bond donors (Lipinski definition) is 2. The summed E-state index contributed by atoms with van der Waals surface area (Å²) < 4.78 is 15.2. The lowest BCUT2D eigenvalue weighted by atomic mass is 10.0. The number of benzene rings is 2. The first-order valence-electron chi connectivity index (χ1n) is 10.4. The minimum atomic E-state index is -0.977. The fourth-order valence-corrected chi connectivity index (χ4v) is 3.38. The van der Waals surface area contributed by atoms with Crippen LogP contribution in [0.25, 0.3) is 0 Å². The summed E-state index contributed by atoms with van der Waals surface area (Å²) in [5.41, 5.74) is 1.52. The number of rotatable bonds is 10. The molecule has 0 aliphatic rings. The SMILES string of the molecule is COC(=O)[C@@H](Cc1ccc(OC)c(Cl)c1)NC(=O)[C@H](NC(=O)OCc1ccccc1)C(C)C. The fourth-order valence-electron chi connectivity index (χ4n) is 3.10. The Morgan fingerprint density at radius 3 is 2.24 bits per heavy atom. The summed E-state index contributed by atoms with van der Waals surface area (Å²) >= 11 is 6.17. The van der Waals surface area contributed by atoms with E-state index in [0.29, 0.717) is 16.3 Å². The van der Waals surface area contributed by atoms with Crippen LogP contribution in [0.5, 0.6) is 5.75 Å². The van der Waals surface area contributed by atoms with Crippen molar-refractivity contribution in [1.29, 1.82) is 0 Å². The smallest absolute Gasteiger partial charge is 0.408 e. The maximum atomic E-state index is 12.9. The molecule has 0 radical (unpaired) electrons. The highest BCUT2D eigenvalue weighted by atomic mass is 35.5. The molecular weight excluding hydrogens is 448 g/mol. The van der Waals surface area contributed by atoms with Gasteiger partial charge in [0.25, 0.3) is 0 Å². The van der Waals surface area contributed by atoms with Crippen molar-refractivity contribution < 1.29 is 28.6 Å². The Balaban J connectivity index is 2.05. The molecule has 0 aliphatic carbocycles. The second-order valence-corrected chi connectivity index (χ2v) is 8.09. The molecular formula is C24H29ClN2O6. The van der Waals surface area contributed by atoms with Gasteiger partial charge in [-0.3, -0.25) is 4.79 Å². The van der Waals surface area contributed by atoms with Crippen LogP contribution < -0.4 is 15.4 Å². The largest absolute Gasteiger partial charge is 0.495 e. The highest BCUT2D eigenvalue weighted by Crippen LogP contribution is 2.25. The van der Waals surface area contributed by atoms with Crippen molar-refractivity contribution in [3.05, 3.63) is 64.7 Å². The molecule has 0 aromatic heterocycles. The van der Waals surface area contributed by atoms with E-state index >= 15 is 0 Å². The predicted molar refractivity (Wildman–Crippen MR) is 124 cm³/mol. The first-order valence-corrected chi connectivity index (χ1v) is 10.8. The zero-order valence-corrected chi connectivity index (χ0v) is 19.8. The van der Waals surface area contributed by atoms with Gasteiger partial charge in [0, 0.05) is 6.42 Å². The van der Waals surface area contributed by atoms with Gasteiger partial charge in [-0.1, -0.05) is 61.8 Å². The second-order valence-electron chi connectivity index (χ2n) is 7.69. The molecule has 8 nitrogen and oxygen atoms in total. The number of carbonyl (C=O) groups excluding carboxylic acids is 3. The number of hydrogen-bond acceptors (Lipinski definition) is 6. The van der Waals surface area contributed by atoms with Crippen molar-refractivity contribution >= 4 is 29.6 Å². The molecule has 2 rings (SSSR count). The Morgan fingerprint density at radius 2 is 1.67 bits per heavy atom. The Bertz CT molecular complexity index is 951. The zero-order valence-electron chi connectivity index (χ0n) is 19.1. The lowest BCUT2D eigenvalue weighted by Crippen LogP contribution is -2.54. The standard InChI is InChI=1S/C24H29ClN2O6/c1-15(2)21(27-24(30)33-14-16-8-6-5-7-9-16)22(28)26-19(23(29)32-4)13-17-10-11-20(31-3)18(25)12-17/h5-12,15,19,21H,13-14H2,1-4H3,(H,26,28)(H,27,30)/t19-,21-/m1/s1. The quantitative estimate of drug-likeness (QED) is 0.509. The van der Waals surface area contributed by atoms with E-state index in [0.717, 1.165) is 5.56 Å². The molecule has 0 saturated heterocycles. The van der Waals surface area contributed by atoms with E-state index in [9.17, 15) is 14.4 Å². The van der Waals surface area contributed by atoms with Crippen LogP contribution in [0, 0.1) is 5.92 Å². The van der Waals surface area contributed by atoms with Gasteiger partial charge in [-0.05, 0) is 29.2 Å². The van der Waals surface area contributed by atoms with Gasteiger partial charge in [-0.25, -0.2) is 9.59 Å². The lowest BCUT2D eigenvalue weighted by molar-refractivity contribution is -0.145. The van der Waals surface area contributed by atoms with Crippen molar-refractivity contribution in [2.45, 2.75) is 39.0 Å². The van der Waals surface area contributed by atoms with Gasteiger partial charge in [0.2, 0.25) is 5.91 Å². The van der Waals surface area contributed by atoms with Crippen molar-refractivity contribution in [2.75, 3.05) is 14.2 Å². The Labute approximate surface area is 198 Å². The van der Waals surface area contributed by atoms with Crippen LogP contribution >= 0.6 is 11.6 Å². The number of nitrogens with one attached hydrogen (secondary N) is 2. The molecule has 33 heavy (non-hydrogen) atoms. The Kier molecular flexibility index (Phi) is 10.00. The second kappa shape index (κ2) is 12.7.